The lowest BCUT2D eigenvalue weighted by atomic mass is 9.93. The summed E-state index contributed by atoms with van der Waals surface area (Å²) in [5.74, 6) is 1.31. The Morgan fingerprint density at radius 1 is 1.13 bits per heavy atom. The lowest BCUT2D eigenvalue weighted by molar-refractivity contribution is 0.126. The Labute approximate surface area is 180 Å². The Morgan fingerprint density at radius 3 is 2.67 bits per heavy atom. The Bertz CT molecular complexity index is 959. The van der Waals surface area contributed by atoms with E-state index in [0.717, 1.165) is 46.9 Å². The van der Waals surface area contributed by atoms with Gasteiger partial charge in [0.05, 0.1) is 11.8 Å². The fraction of sp³-hybridized carbons (Fsp3) is 0.524. The maximum absolute atomic E-state index is 9.76. The predicted octanol–water partition coefficient (Wildman–Crippen LogP) is 3.83. The third kappa shape index (κ3) is 5.62. The van der Waals surface area contributed by atoms with Crippen LogP contribution in [-0.2, 0) is 6.54 Å². The molecule has 3 aromatic rings. The van der Waals surface area contributed by atoms with Crippen LogP contribution in [-0.4, -0.2) is 42.7 Å². The van der Waals surface area contributed by atoms with Crippen molar-refractivity contribution >= 4 is 38.6 Å². The van der Waals surface area contributed by atoms with E-state index in [-0.39, 0.29) is 17.7 Å². The minimum Gasteiger partial charge on any atom is -0.393 e. The molecule has 4 rings (SSSR count). The van der Waals surface area contributed by atoms with E-state index >= 15 is 0 Å². The molecule has 1 aliphatic carbocycles. The van der Waals surface area contributed by atoms with Crippen LogP contribution in [0, 0.1) is 0 Å². The summed E-state index contributed by atoms with van der Waals surface area (Å²) in [6, 6.07) is 6.07. The fourth-order valence-electron chi connectivity index (χ4n) is 3.41. The van der Waals surface area contributed by atoms with Gasteiger partial charge in [-0.1, -0.05) is 11.3 Å². The lowest BCUT2D eigenvalue weighted by Crippen LogP contribution is -2.35. The van der Waals surface area contributed by atoms with Gasteiger partial charge in [0.25, 0.3) is 0 Å². The predicted molar refractivity (Wildman–Crippen MR) is 121 cm³/mol. The maximum atomic E-state index is 9.76. The minimum absolute atomic E-state index is 0.00958. The van der Waals surface area contributed by atoms with E-state index in [2.05, 4.69) is 51.7 Å². The first-order chi connectivity index (χ1) is 14.3. The van der Waals surface area contributed by atoms with E-state index in [0.29, 0.717) is 18.3 Å². The lowest BCUT2D eigenvalue weighted by Gasteiger charge is -2.26. The summed E-state index contributed by atoms with van der Waals surface area (Å²) in [5.41, 5.74) is 1.76. The van der Waals surface area contributed by atoms with Crippen LogP contribution in [0.2, 0.25) is 0 Å². The Morgan fingerprint density at radius 2 is 1.93 bits per heavy atom. The number of fused-ring (bicyclic) bond motifs is 1. The van der Waals surface area contributed by atoms with E-state index in [9.17, 15) is 5.11 Å². The largest absolute Gasteiger partial charge is 0.393 e. The summed E-state index contributed by atoms with van der Waals surface area (Å²) in [6.07, 6.45) is 5.05. The van der Waals surface area contributed by atoms with Gasteiger partial charge in [-0.15, -0.1) is 0 Å². The first-order valence-corrected chi connectivity index (χ1v) is 11.2. The van der Waals surface area contributed by atoms with Crippen molar-refractivity contribution < 1.29 is 5.11 Å². The highest BCUT2D eigenvalue weighted by atomic mass is 32.1. The van der Waals surface area contributed by atoms with Crippen LogP contribution in [0.1, 0.15) is 52.1 Å². The fourth-order valence-corrected chi connectivity index (χ4v) is 4.22. The number of aromatic nitrogens is 4. The molecule has 0 bridgehead atoms. The summed E-state index contributed by atoms with van der Waals surface area (Å²) in [7, 11) is 0. The summed E-state index contributed by atoms with van der Waals surface area (Å²) >= 11 is 1.50. The van der Waals surface area contributed by atoms with Crippen molar-refractivity contribution in [3.8, 4) is 0 Å². The number of nitrogens with zero attached hydrogens (tertiary/aromatic N) is 4. The van der Waals surface area contributed by atoms with Gasteiger partial charge in [0, 0.05) is 30.4 Å². The molecule has 0 aromatic carbocycles. The molecule has 0 radical (unpaired) electrons. The highest BCUT2D eigenvalue weighted by molar-refractivity contribution is 7.21. The summed E-state index contributed by atoms with van der Waals surface area (Å²) in [6.45, 7) is 7.04. The van der Waals surface area contributed by atoms with Crippen molar-refractivity contribution in [1.82, 2.24) is 25.3 Å². The third-order valence-electron chi connectivity index (χ3n) is 5.01. The van der Waals surface area contributed by atoms with Gasteiger partial charge < -0.3 is 21.1 Å². The maximum Gasteiger partial charge on any atom is 0.225 e. The molecule has 0 atom stereocenters. The van der Waals surface area contributed by atoms with Crippen LogP contribution in [0.4, 0.5) is 16.9 Å². The molecule has 8 nitrogen and oxygen atoms in total. The third-order valence-corrected chi connectivity index (χ3v) is 5.90. The van der Waals surface area contributed by atoms with Crippen molar-refractivity contribution in [2.75, 3.05) is 10.6 Å². The number of hydrogen-bond acceptors (Lipinski definition) is 9. The highest BCUT2D eigenvalue weighted by Crippen LogP contribution is 2.27. The molecule has 0 spiro atoms. The van der Waals surface area contributed by atoms with Gasteiger partial charge in [-0.25, -0.2) is 15.0 Å². The van der Waals surface area contributed by atoms with E-state index in [1.54, 1.807) is 6.20 Å². The topological polar surface area (TPSA) is 108 Å². The zero-order valence-corrected chi connectivity index (χ0v) is 18.5. The zero-order valence-electron chi connectivity index (χ0n) is 17.6. The molecule has 3 aromatic heterocycles. The number of rotatable bonds is 6. The van der Waals surface area contributed by atoms with Crippen molar-refractivity contribution in [3.05, 3.63) is 30.1 Å². The number of aliphatic hydroxyl groups is 1. The standard InChI is InChI=1S/C21H29N7OS/c1-21(2,3)23-12-14-11-17(28-20-26-16-5-4-10-22-18(16)30-20)27-19(25-14)24-13-6-8-15(29)9-7-13/h4-5,10-11,13,15,23,29H,6-9,12H2,1-3H3,(H2,24,25,26,27,28). The number of hydrogen-bond donors (Lipinski definition) is 4. The average Bonchev–Trinajstić information content (AvgIpc) is 3.10. The van der Waals surface area contributed by atoms with E-state index in [1.165, 1.54) is 11.3 Å². The summed E-state index contributed by atoms with van der Waals surface area (Å²) in [4.78, 5) is 19.2. The van der Waals surface area contributed by atoms with Crippen molar-refractivity contribution in [3.63, 3.8) is 0 Å². The molecule has 1 fully saturated rings. The van der Waals surface area contributed by atoms with Crippen LogP contribution >= 0.6 is 11.3 Å². The Hall–Kier alpha value is -2.36. The van der Waals surface area contributed by atoms with E-state index < -0.39 is 0 Å². The normalized spacial score (nSPS) is 19.7. The Balaban J connectivity index is 1.55. The van der Waals surface area contributed by atoms with Crippen LogP contribution in [0.3, 0.4) is 0 Å². The molecule has 1 saturated carbocycles. The number of thiazole rings is 1. The van der Waals surface area contributed by atoms with Crippen LogP contribution < -0.4 is 16.0 Å². The number of anilines is 3. The molecule has 9 heteroatoms. The molecule has 0 unspecified atom stereocenters. The second-order valence-corrected chi connectivity index (χ2v) is 9.77. The first kappa shape index (κ1) is 20.9. The Kier molecular flexibility index (Phi) is 6.12. The molecule has 160 valence electrons. The molecule has 4 N–H and O–H groups in total. The second-order valence-electron chi connectivity index (χ2n) is 8.79. The van der Waals surface area contributed by atoms with E-state index in [4.69, 9.17) is 4.98 Å². The quantitative estimate of drug-likeness (QED) is 0.470. The molecular weight excluding hydrogens is 398 g/mol. The van der Waals surface area contributed by atoms with Crippen LogP contribution in [0.15, 0.2) is 24.4 Å². The van der Waals surface area contributed by atoms with Crippen LogP contribution in [0.25, 0.3) is 10.3 Å². The molecule has 0 aliphatic heterocycles. The average molecular weight is 428 g/mol. The molecule has 0 saturated heterocycles. The zero-order chi connectivity index (χ0) is 21.1. The molecule has 0 amide bonds. The monoisotopic (exact) mass is 427 g/mol. The van der Waals surface area contributed by atoms with Gasteiger partial charge in [0.1, 0.15) is 16.2 Å². The first-order valence-electron chi connectivity index (χ1n) is 10.4. The smallest absolute Gasteiger partial charge is 0.225 e. The van der Waals surface area contributed by atoms with E-state index in [1.807, 2.05) is 18.2 Å². The summed E-state index contributed by atoms with van der Waals surface area (Å²) < 4.78 is 0. The van der Waals surface area contributed by atoms with Gasteiger partial charge >= 0.3 is 0 Å². The van der Waals surface area contributed by atoms with Crippen molar-refractivity contribution in [2.24, 2.45) is 0 Å². The number of pyridine rings is 1. The van der Waals surface area contributed by atoms with Gasteiger partial charge in [0.15, 0.2) is 5.13 Å². The summed E-state index contributed by atoms with van der Waals surface area (Å²) in [5, 5.41) is 20.8. The van der Waals surface area contributed by atoms with Gasteiger partial charge in [-0.2, -0.15) is 4.98 Å². The van der Waals surface area contributed by atoms with Gasteiger partial charge in [-0.3, -0.25) is 0 Å². The van der Waals surface area contributed by atoms with Gasteiger partial charge in [0.2, 0.25) is 5.95 Å². The number of nitrogens with one attached hydrogen (secondary N) is 3. The van der Waals surface area contributed by atoms with Crippen molar-refractivity contribution in [1.29, 1.82) is 0 Å². The van der Waals surface area contributed by atoms with Gasteiger partial charge in [-0.05, 0) is 58.6 Å². The second kappa shape index (κ2) is 8.79. The number of aliphatic hydroxyl groups excluding tert-OH is 1. The molecular formula is C21H29N7OS. The van der Waals surface area contributed by atoms with Crippen molar-refractivity contribution in [2.45, 2.75) is 70.7 Å². The molecule has 3 heterocycles. The molecule has 30 heavy (non-hydrogen) atoms. The molecule has 1 aliphatic rings. The van der Waals surface area contributed by atoms with Crippen LogP contribution in [0.5, 0.6) is 0 Å². The minimum atomic E-state index is -0.184. The SMILES string of the molecule is CC(C)(C)NCc1cc(Nc2nc3cccnc3s2)nc(NC2CCC(O)CC2)n1. The highest BCUT2D eigenvalue weighted by Gasteiger charge is 2.20.